The number of carbonyl (C=O) groups excluding carboxylic acids is 1. The van der Waals surface area contributed by atoms with Crippen LogP contribution in [0, 0.1) is 5.92 Å². The zero-order valence-corrected chi connectivity index (χ0v) is 12.2. The first-order valence-corrected chi connectivity index (χ1v) is 7.24. The van der Waals surface area contributed by atoms with Gasteiger partial charge in [0.2, 0.25) is 0 Å². The van der Waals surface area contributed by atoms with Crippen molar-refractivity contribution >= 4 is 27.5 Å². The molecule has 1 aromatic rings. The van der Waals surface area contributed by atoms with Gasteiger partial charge in [-0.15, -0.1) is 0 Å². The van der Waals surface area contributed by atoms with Crippen molar-refractivity contribution in [2.75, 3.05) is 18.8 Å². The number of halogens is 1. The van der Waals surface area contributed by atoms with Gasteiger partial charge in [0, 0.05) is 28.8 Å². The van der Waals surface area contributed by atoms with Gasteiger partial charge in [-0.1, -0.05) is 29.3 Å². The fourth-order valence-electron chi connectivity index (χ4n) is 2.58. The first kappa shape index (κ1) is 13.4. The largest absolute Gasteiger partial charge is 0.399 e. The van der Waals surface area contributed by atoms with Gasteiger partial charge >= 0.3 is 0 Å². The molecule has 0 radical (unpaired) electrons. The van der Waals surface area contributed by atoms with E-state index in [1.807, 2.05) is 11.0 Å². The van der Waals surface area contributed by atoms with E-state index in [-0.39, 0.29) is 5.91 Å². The van der Waals surface area contributed by atoms with Crippen LogP contribution in [0.2, 0.25) is 0 Å². The van der Waals surface area contributed by atoms with E-state index in [0.29, 0.717) is 17.2 Å². The Bertz CT molecular complexity index is 427. The highest BCUT2D eigenvalue weighted by Crippen LogP contribution is 2.24. The molecule has 1 saturated heterocycles. The van der Waals surface area contributed by atoms with Crippen LogP contribution >= 0.6 is 15.9 Å². The fraction of sp³-hybridized carbons (Fsp3) is 0.500. The summed E-state index contributed by atoms with van der Waals surface area (Å²) < 4.78 is 0.857. The number of nitrogens with zero attached hydrogens (tertiary/aromatic N) is 1. The molecule has 1 aliphatic rings. The van der Waals surface area contributed by atoms with Crippen molar-refractivity contribution in [2.24, 2.45) is 5.92 Å². The second kappa shape index (κ2) is 5.74. The third-order valence-electron chi connectivity index (χ3n) is 3.44. The molecule has 98 valence electrons. The van der Waals surface area contributed by atoms with Gasteiger partial charge in [-0.05, 0) is 37.0 Å². The highest BCUT2D eigenvalue weighted by Gasteiger charge is 2.26. The van der Waals surface area contributed by atoms with Crippen LogP contribution in [0.5, 0.6) is 0 Å². The zero-order valence-electron chi connectivity index (χ0n) is 10.7. The Morgan fingerprint density at radius 2 is 2.28 bits per heavy atom. The van der Waals surface area contributed by atoms with E-state index < -0.39 is 0 Å². The summed E-state index contributed by atoms with van der Waals surface area (Å²) in [6.45, 7) is 3.95. The average molecular weight is 311 g/mol. The number of hydrogen-bond donors (Lipinski definition) is 1. The number of likely N-dealkylation sites (tertiary alicyclic amines) is 1. The summed E-state index contributed by atoms with van der Waals surface area (Å²) in [5.41, 5.74) is 7.07. The van der Waals surface area contributed by atoms with Gasteiger partial charge < -0.3 is 10.6 Å². The number of rotatable bonds is 3. The molecule has 1 aromatic carbocycles. The molecule has 0 spiro atoms. The van der Waals surface area contributed by atoms with E-state index in [2.05, 4.69) is 22.9 Å². The summed E-state index contributed by atoms with van der Waals surface area (Å²) in [7, 11) is 0. The van der Waals surface area contributed by atoms with E-state index in [4.69, 9.17) is 5.73 Å². The van der Waals surface area contributed by atoms with Crippen LogP contribution in [0.1, 0.15) is 36.5 Å². The van der Waals surface area contributed by atoms with Crippen LogP contribution in [0.4, 0.5) is 5.69 Å². The predicted molar refractivity (Wildman–Crippen MR) is 77.5 cm³/mol. The van der Waals surface area contributed by atoms with Crippen LogP contribution < -0.4 is 5.73 Å². The van der Waals surface area contributed by atoms with E-state index in [0.717, 1.165) is 24.0 Å². The van der Waals surface area contributed by atoms with Gasteiger partial charge in [-0.2, -0.15) is 0 Å². The molecule has 1 unspecified atom stereocenters. The number of anilines is 1. The first-order chi connectivity index (χ1) is 8.60. The van der Waals surface area contributed by atoms with Crippen LogP contribution in [-0.2, 0) is 0 Å². The summed E-state index contributed by atoms with van der Waals surface area (Å²) in [5.74, 6) is 0.769. The van der Waals surface area contributed by atoms with Crippen LogP contribution in [-0.4, -0.2) is 23.9 Å². The standard InChI is InChI=1S/C14H19BrN2O/c1-2-3-10-4-5-17(9-10)14(18)11-6-12(15)8-13(16)7-11/h6-8,10H,2-5,9,16H2,1H3. The van der Waals surface area contributed by atoms with Crippen molar-refractivity contribution < 1.29 is 4.79 Å². The lowest BCUT2D eigenvalue weighted by Gasteiger charge is -2.17. The second-order valence-corrected chi connectivity index (χ2v) is 5.88. The number of hydrogen-bond acceptors (Lipinski definition) is 2. The lowest BCUT2D eigenvalue weighted by Crippen LogP contribution is -2.28. The lowest BCUT2D eigenvalue weighted by atomic mass is 10.0. The highest BCUT2D eigenvalue weighted by molar-refractivity contribution is 9.10. The normalized spacial score (nSPS) is 19.2. The molecule has 1 fully saturated rings. The summed E-state index contributed by atoms with van der Waals surface area (Å²) in [6, 6.07) is 5.40. The minimum atomic E-state index is 0.0987. The number of amides is 1. The topological polar surface area (TPSA) is 46.3 Å². The van der Waals surface area contributed by atoms with Gasteiger partial charge in [0.05, 0.1) is 0 Å². The molecule has 4 heteroatoms. The van der Waals surface area contributed by atoms with Crippen LogP contribution in [0.15, 0.2) is 22.7 Å². The Morgan fingerprint density at radius 1 is 1.50 bits per heavy atom. The maximum absolute atomic E-state index is 12.4. The van der Waals surface area contributed by atoms with Crippen LogP contribution in [0.25, 0.3) is 0 Å². The molecule has 0 bridgehead atoms. The number of carbonyl (C=O) groups is 1. The third kappa shape index (κ3) is 3.05. The molecular weight excluding hydrogens is 292 g/mol. The Labute approximate surface area is 116 Å². The van der Waals surface area contributed by atoms with Gasteiger partial charge in [0.25, 0.3) is 5.91 Å². The van der Waals surface area contributed by atoms with E-state index in [1.165, 1.54) is 12.8 Å². The van der Waals surface area contributed by atoms with Crippen molar-refractivity contribution in [3.05, 3.63) is 28.2 Å². The Hall–Kier alpha value is -1.03. The summed E-state index contributed by atoms with van der Waals surface area (Å²) in [6.07, 6.45) is 3.53. The molecule has 3 nitrogen and oxygen atoms in total. The zero-order chi connectivity index (χ0) is 13.1. The van der Waals surface area contributed by atoms with Crippen molar-refractivity contribution in [2.45, 2.75) is 26.2 Å². The minimum Gasteiger partial charge on any atom is -0.399 e. The van der Waals surface area contributed by atoms with E-state index in [1.54, 1.807) is 12.1 Å². The molecule has 1 atom stereocenters. The van der Waals surface area contributed by atoms with Crippen molar-refractivity contribution in [3.8, 4) is 0 Å². The quantitative estimate of drug-likeness (QED) is 0.871. The van der Waals surface area contributed by atoms with Crippen molar-refractivity contribution in [3.63, 3.8) is 0 Å². The molecule has 2 rings (SSSR count). The van der Waals surface area contributed by atoms with Crippen molar-refractivity contribution in [1.82, 2.24) is 4.90 Å². The minimum absolute atomic E-state index is 0.0987. The molecule has 1 amide bonds. The molecule has 0 aromatic heterocycles. The van der Waals surface area contributed by atoms with Gasteiger partial charge in [0.15, 0.2) is 0 Å². The van der Waals surface area contributed by atoms with Gasteiger partial charge in [-0.3, -0.25) is 4.79 Å². The van der Waals surface area contributed by atoms with Gasteiger partial charge in [-0.25, -0.2) is 0 Å². The molecule has 0 saturated carbocycles. The number of benzene rings is 1. The second-order valence-electron chi connectivity index (χ2n) is 4.97. The molecule has 0 aliphatic carbocycles. The molecule has 1 aliphatic heterocycles. The first-order valence-electron chi connectivity index (χ1n) is 6.45. The number of nitrogen functional groups attached to an aromatic ring is 1. The third-order valence-corrected chi connectivity index (χ3v) is 3.89. The fourth-order valence-corrected chi connectivity index (χ4v) is 3.09. The maximum Gasteiger partial charge on any atom is 0.253 e. The Morgan fingerprint density at radius 3 is 2.94 bits per heavy atom. The smallest absolute Gasteiger partial charge is 0.253 e. The SMILES string of the molecule is CCCC1CCN(C(=O)c2cc(N)cc(Br)c2)C1. The average Bonchev–Trinajstić information content (AvgIpc) is 2.76. The highest BCUT2D eigenvalue weighted by atomic mass is 79.9. The van der Waals surface area contributed by atoms with E-state index in [9.17, 15) is 4.79 Å². The summed E-state index contributed by atoms with van der Waals surface area (Å²) in [4.78, 5) is 14.3. The Kier molecular flexibility index (Phi) is 4.27. The summed E-state index contributed by atoms with van der Waals surface area (Å²) >= 11 is 3.38. The summed E-state index contributed by atoms with van der Waals surface area (Å²) in [5, 5.41) is 0. The van der Waals surface area contributed by atoms with Crippen LogP contribution in [0.3, 0.4) is 0 Å². The predicted octanol–water partition coefficient (Wildman–Crippen LogP) is 3.29. The number of nitrogens with two attached hydrogens (primary N) is 1. The Balaban J connectivity index is 2.08. The maximum atomic E-state index is 12.4. The lowest BCUT2D eigenvalue weighted by molar-refractivity contribution is 0.0786. The van der Waals surface area contributed by atoms with E-state index >= 15 is 0 Å². The molecule has 2 N–H and O–H groups in total. The van der Waals surface area contributed by atoms with Gasteiger partial charge in [0.1, 0.15) is 0 Å². The molecule has 18 heavy (non-hydrogen) atoms. The monoisotopic (exact) mass is 310 g/mol. The van der Waals surface area contributed by atoms with Crippen molar-refractivity contribution in [1.29, 1.82) is 0 Å². The molecule has 1 heterocycles. The molecular formula is C14H19BrN2O.